The van der Waals surface area contributed by atoms with Crippen LogP contribution < -0.4 is 5.32 Å². The van der Waals surface area contributed by atoms with Crippen molar-refractivity contribution in [3.05, 3.63) is 0 Å². The first kappa shape index (κ1) is 12.9. The molecule has 0 bridgehead atoms. The lowest BCUT2D eigenvalue weighted by molar-refractivity contribution is 0.0279. The van der Waals surface area contributed by atoms with Crippen LogP contribution >= 0.6 is 0 Å². The summed E-state index contributed by atoms with van der Waals surface area (Å²) in [4.78, 5) is 2.55. The highest BCUT2D eigenvalue weighted by Crippen LogP contribution is 2.16. The highest BCUT2D eigenvalue weighted by Gasteiger charge is 2.23. The van der Waals surface area contributed by atoms with Gasteiger partial charge in [0, 0.05) is 31.8 Å². The second kappa shape index (κ2) is 7.20. The van der Waals surface area contributed by atoms with Gasteiger partial charge in [-0.3, -0.25) is 4.90 Å². The quantitative estimate of drug-likeness (QED) is 0.725. The summed E-state index contributed by atoms with van der Waals surface area (Å²) >= 11 is 0. The lowest BCUT2D eigenvalue weighted by atomic mass is 10.0. The summed E-state index contributed by atoms with van der Waals surface area (Å²) < 4.78 is 5.40. The molecule has 3 nitrogen and oxygen atoms in total. The van der Waals surface area contributed by atoms with Gasteiger partial charge in [-0.25, -0.2) is 0 Å². The monoisotopic (exact) mass is 214 g/mol. The lowest BCUT2D eigenvalue weighted by Crippen LogP contribution is -2.47. The van der Waals surface area contributed by atoms with Gasteiger partial charge in [0.15, 0.2) is 0 Å². The Bertz CT molecular complexity index is 158. The number of hydrogen-bond donors (Lipinski definition) is 1. The molecule has 1 atom stereocenters. The summed E-state index contributed by atoms with van der Waals surface area (Å²) in [6.45, 7) is 8.50. The first-order chi connectivity index (χ1) is 7.29. The van der Waals surface area contributed by atoms with E-state index in [1.165, 1.54) is 19.3 Å². The molecule has 0 aromatic heterocycles. The van der Waals surface area contributed by atoms with E-state index in [2.05, 4.69) is 31.1 Å². The number of nitrogens with zero attached hydrogens (tertiary/aromatic N) is 1. The fourth-order valence-corrected chi connectivity index (χ4v) is 2.28. The standard InChI is InChI=1S/C12H26N2O/c1-4-11(10-13-5-2)14(3)12-6-8-15-9-7-12/h11-13H,4-10H2,1-3H3. The van der Waals surface area contributed by atoms with E-state index >= 15 is 0 Å². The molecule has 0 aliphatic carbocycles. The Labute approximate surface area is 94.2 Å². The molecule has 1 unspecified atom stereocenters. The fraction of sp³-hybridized carbons (Fsp3) is 1.00. The molecule has 0 aromatic rings. The van der Waals surface area contributed by atoms with E-state index in [1.807, 2.05) is 0 Å². The Morgan fingerprint density at radius 3 is 2.53 bits per heavy atom. The van der Waals surface area contributed by atoms with Gasteiger partial charge in [0.1, 0.15) is 0 Å². The van der Waals surface area contributed by atoms with Gasteiger partial charge >= 0.3 is 0 Å². The number of likely N-dealkylation sites (N-methyl/N-ethyl adjacent to an activating group) is 2. The molecule has 15 heavy (non-hydrogen) atoms. The van der Waals surface area contributed by atoms with Gasteiger partial charge in [-0.1, -0.05) is 13.8 Å². The zero-order valence-electron chi connectivity index (χ0n) is 10.5. The minimum absolute atomic E-state index is 0.674. The first-order valence-electron chi connectivity index (χ1n) is 6.30. The Balaban J connectivity index is 2.36. The molecule has 1 rings (SSSR count). The second-order valence-corrected chi connectivity index (χ2v) is 4.38. The van der Waals surface area contributed by atoms with Gasteiger partial charge in [-0.2, -0.15) is 0 Å². The maximum atomic E-state index is 5.40. The topological polar surface area (TPSA) is 24.5 Å². The smallest absolute Gasteiger partial charge is 0.0480 e. The lowest BCUT2D eigenvalue weighted by Gasteiger charge is -2.36. The van der Waals surface area contributed by atoms with Gasteiger partial charge < -0.3 is 10.1 Å². The maximum Gasteiger partial charge on any atom is 0.0480 e. The highest BCUT2D eigenvalue weighted by molar-refractivity contribution is 4.79. The minimum atomic E-state index is 0.674. The van der Waals surface area contributed by atoms with E-state index in [0.29, 0.717) is 6.04 Å². The molecule has 3 heteroatoms. The van der Waals surface area contributed by atoms with Crippen LogP contribution in [0.25, 0.3) is 0 Å². The molecule has 0 saturated carbocycles. The van der Waals surface area contributed by atoms with Crippen LogP contribution in [0.3, 0.4) is 0 Å². The van der Waals surface area contributed by atoms with Gasteiger partial charge in [0.05, 0.1) is 0 Å². The molecular weight excluding hydrogens is 188 g/mol. The zero-order valence-corrected chi connectivity index (χ0v) is 10.5. The number of nitrogens with one attached hydrogen (secondary N) is 1. The normalized spacial score (nSPS) is 20.8. The molecule has 1 aliphatic heterocycles. The molecule has 1 aliphatic rings. The van der Waals surface area contributed by atoms with Gasteiger partial charge in [-0.05, 0) is 32.9 Å². The summed E-state index contributed by atoms with van der Waals surface area (Å²) in [5.74, 6) is 0. The summed E-state index contributed by atoms with van der Waals surface area (Å²) in [7, 11) is 2.27. The third-order valence-electron chi connectivity index (χ3n) is 3.44. The summed E-state index contributed by atoms with van der Waals surface area (Å²) in [5.41, 5.74) is 0. The van der Waals surface area contributed by atoms with Crippen LogP contribution in [-0.2, 0) is 4.74 Å². The fourth-order valence-electron chi connectivity index (χ4n) is 2.28. The van der Waals surface area contributed by atoms with Crippen LogP contribution in [0, 0.1) is 0 Å². The molecule has 0 spiro atoms. The van der Waals surface area contributed by atoms with E-state index < -0.39 is 0 Å². The van der Waals surface area contributed by atoms with Crippen LogP contribution in [0.5, 0.6) is 0 Å². The predicted molar refractivity (Wildman–Crippen MR) is 64.2 cm³/mol. The molecule has 1 N–H and O–H groups in total. The molecule has 1 saturated heterocycles. The molecule has 0 aromatic carbocycles. The molecule has 90 valence electrons. The second-order valence-electron chi connectivity index (χ2n) is 4.38. The Kier molecular flexibility index (Phi) is 6.22. The summed E-state index contributed by atoms with van der Waals surface area (Å²) in [6.07, 6.45) is 3.61. The average molecular weight is 214 g/mol. The van der Waals surface area contributed by atoms with Crippen molar-refractivity contribution in [2.45, 2.75) is 45.2 Å². The van der Waals surface area contributed by atoms with Crippen LogP contribution in [0.15, 0.2) is 0 Å². The van der Waals surface area contributed by atoms with E-state index in [1.54, 1.807) is 0 Å². The molecule has 1 fully saturated rings. The highest BCUT2D eigenvalue weighted by atomic mass is 16.5. The van der Waals surface area contributed by atoms with E-state index in [-0.39, 0.29) is 0 Å². The van der Waals surface area contributed by atoms with Gasteiger partial charge in [0.25, 0.3) is 0 Å². The summed E-state index contributed by atoms with van der Waals surface area (Å²) in [5, 5.41) is 3.45. The van der Waals surface area contributed by atoms with Crippen molar-refractivity contribution in [2.75, 3.05) is 33.4 Å². The van der Waals surface area contributed by atoms with Crippen molar-refractivity contribution < 1.29 is 4.74 Å². The Hall–Kier alpha value is -0.120. The third kappa shape index (κ3) is 4.09. The van der Waals surface area contributed by atoms with Crippen LogP contribution in [-0.4, -0.2) is 50.3 Å². The number of ether oxygens (including phenoxy) is 1. The predicted octanol–water partition coefficient (Wildman–Crippen LogP) is 1.49. The Morgan fingerprint density at radius 2 is 2.00 bits per heavy atom. The van der Waals surface area contributed by atoms with Crippen LogP contribution in [0.1, 0.15) is 33.1 Å². The van der Waals surface area contributed by atoms with Gasteiger partial charge in [-0.15, -0.1) is 0 Å². The SMILES string of the molecule is CCNCC(CC)N(C)C1CCOCC1. The number of rotatable bonds is 6. The van der Waals surface area contributed by atoms with Crippen molar-refractivity contribution in [1.82, 2.24) is 10.2 Å². The molecule has 0 amide bonds. The largest absolute Gasteiger partial charge is 0.381 e. The van der Waals surface area contributed by atoms with Crippen molar-refractivity contribution in [2.24, 2.45) is 0 Å². The minimum Gasteiger partial charge on any atom is -0.381 e. The zero-order chi connectivity index (χ0) is 11.1. The van der Waals surface area contributed by atoms with Crippen molar-refractivity contribution in [1.29, 1.82) is 0 Å². The average Bonchev–Trinajstić information content (AvgIpc) is 2.31. The van der Waals surface area contributed by atoms with Crippen molar-refractivity contribution in [3.63, 3.8) is 0 Å². The number of hydrogen-bond acceptors (Lipinski definition) is 3. The summed E-state index contributed by atoms with van der Waals surface area (Å²) in [6, 6.07) is 1.40. The molecule has 0 radical (unpaired) electrons. The van der Waals surface area contributed by atoms with Crippen molar-refractivity contribution >= 4 is 0 Å². The Morgan fingerprint density at radius 1 is 1.33 bits per heavy atom. The van der Waals surface area contributed by atoms with Crippen molar-refractivity contribution in [3.8, 4) is 0 Å². The maximum absolute atomic E-state index is 5.40. The molecule has 1 heterocycles. The van der Waals surface area contributed by atoms with E-state index in [4.69, 9.17) is 4.74 Å². The molecular formula is C12H26N2O. The third-order valence-corrected chi connectivity index (χ3v) is 3.44. The first-order valence-corrected chi connectivity index (χ1v) is 6.30. The van der Waals surface area contributed by atoms with E-state index in [9.17, 15) is 0 Å². The van der Waals surface area contributed by atoms with Crippen LogP contribution in [0.2, 0.25) is 0 Å². The van der Waals surface area contributed by atoms with Crippen LogP contribution in [0.4, 0.5) is 0 Å². The van der Waals surface area contributed by atoms with E-state index in [0.717, 1.165) is 32.3 Å². The van der Waals surface area contributed by atoms with Gasteiger partial charge in [0.2, 0.25) is 0 Å².